The third-order valence-corrected chi connectivity index (χ3v) is 5.25. The maximum absolute atomic E-state index is 13.3. The van der Waals surface area contributed by atoms with Crippen LogP contribution in [0.4, 0.5) is 4.39 Å². The summed E-state index contributed by atoms with van der Waals surface area (Å²) in [6.07, 6.45) is 0.406. The van der Waals surface area contributed by atoms with Crippen molar-refractivity contribution in [3.8, 4) is 0 Å². The van der Waals surface area contributed by atoms with Crippen LogP contribution in [0.25, 0.3) is 0 Å². The fourth-order valence-corrected chi connectivity index (χ4v) is 3.35. The maximum Gasteiger partial charge on any atom is 0.276 e. The first-order valence-corrected chi connectivity index (χ1v) is 9.87. The Balaban J connectivity index is 1.91. The Kier molecular flexibility index (Phi) is 5.66. The van der Waals surface area contributed by atoms with E-state index in [9.17, 15) is 12.8 Å². The highest BCUT2D eigenvalue weighted by molar-refractivity contribution is 7.89. The van der Waals surface area contributed by atoms with Gasteiger partial charge in [-0.15, -0.1) is 0 Å². The molecule has 0 aromatic heterocycles. The van der Waals surface area contributed by atoms with Gasteiger partial charge in [0.1, 0.15) is 5.82 Å². The number of halogens is 1. The van der Waals surface area contributed by atoms with E-state index in [-0.39, 0.29) is 10.7 Å². The van der Waals surface area contributed by atoms with Gasteiger partial charge in [0, 0.05) is 6.42 Å². The highest BCUT2D eigenvalue weighted by Gasteiger charge is 2.14. The van der Waals surface area contributed by atoms with E-state index < -0.39 is 10.0 Å². The summed E-state index contributed by atoms with van der Waals surface area (Å²) in [6, 6.07) is 21.9. The van der Waals surface area contributed by atoms with Crippen molar-refractivity contribution < 1.29 is 12.8 Å². The molecule has 1 N–H and O–H groups in total. The van der Waals surface area contributed by atoms with Crippen molar-refractivity contribution in [2.75, 3.05) is 0 Å². The van der Waals surface area contributed by atoms with Crippen molar-refractivity contribution in [1.82, 2.24) is 4.83 Å². The number of hydrogen-bond acceptors (Lipinski definition) is 3. The number of benzene rings is 3. The summed E-state index contributed by atoms with van der Waals surface area (Å²) >= 11 is 0. The van der Waals surface area contributed by atoms with Crippen LogP contribution >= 0.6 is 0 Å². The van der Waals surface area contributed by atoms with E-state index in [4.69, 9.17) is 0 Å². The average Bonchev–Trinajstić information content (AvgIpc) is 2.67. The smallest absolute Gasteiger partial charge is 0.207 e. The summed E-state index contributed by atoms with van der Waals surface area (Å²) in [5.41, 5.74) is 3.08. The SMILES string of the molecule is Cc1ccc(S(=O)(=O)N/N=C(\Cc2ccccc2)c2ccc(F)cc2)cc1. The Morgan fingerprint density at radius 3 is 2.19 bits per heavy atom. The third-order valence-electron chi connectivity index (χ3n) is 4.02. The van der Waals surface area contributed by atoms with Crippen molar-refractivity contribution >= 4 is 15.7 Å². The molecule has 0 saturated carbocycles. The Hall–Kier alpha value is -2.99. The number of hydrogen-bond donors (Lipinski definition) is 1. The first-order valence-electron chi connectivity index (χ1n) is 8.39. The molecule has 0 atom stereocenters. The Bertz CT molecular complexity index is 1030. The van der Waals surface area contributed by atoms with Crippen LogP contribution in [0.2, 0.25) is 0 Å². The molecule has 4 nitrogen and oxygen atoms in total. The first kappa shape index (κ1) is 18.8. The summed E-state index contributed by atoms with van der Waals surface area (Å²) < 4.78 is 38.3. The summed E-state index contributed by atoms with van der Waals surface area (Å²) in [4.78, 5) is 2.43. The Morgan fingerprint density at radius 2 is 1.56 bits per heavy atom. The molecular weight excluding hydrogens is 363 g/mol. The molecule has 27 heavy (non-hydrogen) atoms. The molecule has 0 aliphatic rings. The lowest BCUT2D eigenvalue weighted by Crippen LogP contribution is -2.21. The first-order chi connectivity index (χ1) is 12.9. The Morgan fingerprint density at radius 1 is 0.926 bits per heavy atom. The zero-order valence-corrected chi connectivity index (χ0v) is 15.6. The van der Waals surface area contributed by atoms with Crippen molar-refractivity contribution in [1.29, 1.82) is 0 Å². The molecule has 0 heterocycles. The summed E-state index contributed by atoms with van der Waals surface area (Å²) in [5.74, 6) is -0.363. The van der Waals surface area contributed by atoms with Crippen LogP contribution in [0.1, 0.15) is 16.7 Å². The summed E-state index contributed by atoms with van der Waals surface area (Å²) in [6.45, 7) is 1.88. The van der Waals surface area contributed by atoms with Gasteiger partial charge in [0.05, 0.1) is 10.6 Å². The molecule has 0 radical (unpaired) electrons. The predicted octanol–water partition coefficient (Wildman–Crippen LogP) is 4.06. The van der Waals surface area contributed by atoms with Gasteiger partial charge in [0.15, 0.2) is 0 Å². The van der Waals surface area contributed by atoms with Crippen LogP contribution in [0.15, 0.2) is 88.9 Å². The lowest BCUT2D eigenvalue weighted by molar-refractivity contribution is 0.584. The molecule has 0 saturated heterocycles. The molecule has 0 unspecified atom stereocenters. The van der Waals surface area contributed by atoms with E-state index in [0.717, 1.165) is 11.1 Å². The maximum atomic E-state index is 13.3. The largest absolute Gasteiger partial charge is 0.276 e. The molecule has 138 valence electrons. The van der Waals surface area contributed by atoms with Gasteiger partial charge in [-0.3, -0.25) is 0 Å². The van der Waals surface area contributed by atoms with E-state index in [1.807, 2.05) is 37.3 Å². The standard InChI is InChI=1S/C21H19FN2O2S/c1-16-7-13-20(14-8-16)27(25,26)24-23-21(15-17-5-3-2-4-6-17)18-9-11-19(22)12-10-18/h2-14,24H,15H2,1H3/b23-21+. The number of hydrazone groups is 1. The van der Waals surface area contributed by atoms with E-state index >= 15 is 0 Å². The van der Waals surface area contributed by atoms with Crippen molar-refractivity contribution in [2.24, 2.45) is 5.10 Å². The summed E-state index contributed by atoms with van der Waals surface area (Å²) in [7, 11) is -3.79. The molecule has 0 aliphatic carbocycles. The van der Waals surface area contributed by atoms with Crippen LogP contribution in [0.5, 0.6) is 0 Å². The second kappa shape index (κ2) is 8.14. The van der Waals surface area contributed by atoms with Gasteiger partial charge in [0.25, 0.3) is 10.0 Å². The zero-order chi connectivity index (χ0) is 19.3. The van der Waals surface area contributed by atoms with E-state index in [1.54, 1.807) is 24.3 Å². The lowest BCUT2D eigenvalue weighted by atomic mass is 10.0. The fraction of sp³-hybridized carbons (Fsp3) is 0.0952. The minimum atomic E-state index is -3.79. The highest BCUT2D eigenvalue weighted by Crippen LogP contribution is 2.12. The van der Waals surface area contributed by atoms with Gasteiger partial charge in [-0.1, -0.05) is 60.2 Å². The Labute approximate surface area is 158 Å². The zero-order valence-electron chi connectivity index (χ0n) is 14.8. The number of nitrogens with zero attached hydrogens (tertiary/aromatic N) is 1. The number of nitrogens with one attached hydrogen (secondary N) is 1. The number of rotatable bonds is 6. The van der Waals surface area contributed by atoms with E-state index in [2.05, 4.69) is 9.93 Å². The lowest BCUT2D eigenvalue weighted by Gasteiger charge is -2.09. The van der Waals surface area contributed by atoms with Gasteiger partial charge < -0.3 is 0 Å². The summed E-state index contributed by atoms with van der Waals surface area (Å²) in [5, 5.41) is 4.15. The van der Waals surface area contributed by atoms with Crippen LogP contribution < -0.4 is 4.83 Å². The molecule has 6 heteroatoms. The minimum Gasteiger partial charge on any atom is -0.207 e. The molecule has 0 aliphatic heterocycles. The normalized spacial score (nSPS) is 12.0. The van der Waals surface area contributed by atoms with Crippen molar-refractivity contribution in [3.05, 3.63) is 101 Å². The minimum absolute atomic E-state index is 0.134. The van der Waals surface area contributed by atoms with Gasteiger partial charge in [-0.25, -0.2) is 4.39 Å². The van der Waals surface area contributed by atoms with Gasteiger partial charge in [0.2, 0.25) is 0 Å². The topological polar surface area (TPSA) is 58.5 Å². The van der Waals surface area contributed by atoms with E-state index in [0.29, 0.717) is 17.7 Å². The van der Waals surface area contributed by atoms with Crippen molar-refractivity contribution in [3.63, 3.8) is 0 Å². The highest BCUT2D eigenvalue weighted by atomic mass is 32.2. The molecule has 0 fully saturated rings. The van der Waals surface area contributed by atoms with Crippen molar-refractivity contribution in [2.45, 2.75) is 18.2 Å². The quantitative estimate of drug-likeness (QED) is 0.516. The molecule has 0 spiro atoms. The number of aryl methyl sites for hydroxylation is 1. The second-order valence-corrected chi connectivity index (χ2v) is 7.80. The molecule has 0 amide bonds. The monoisotopic (exact) mass is 382 g/mol. The molecular formula is C21H19FN2O2S. The van der Waals surface area contributed by atoms with Crippen LogP contribution in [-0.4, -0.2) is 14.1 Å². The average molecular weight is 382 g/mol. The van der Waals surface area contributed by atoms with Gasteiger partial charge >= 0.3 is 0 Å². The van der Waals surface area contributed by atoms with Crippen LogP contribution in [0.3, 0.4) is 0 Å². The third kappa shape index (κ3) is 5.01. The molecule has 3 aromatic carbocycles. The molecule has 0 bridgehead atoms. The van der Waals surface area contributed by atoms with Gasteiger partial charge in [-0.2, -0.15) is 18.4 Å². The molecule has 3 aromatic rings. The fourth-order valence-electron chi connectivity index (χ4n) is 2.52. The number of sulfonamides is 1. The predicted molar refractivity (Wildman–Crippen MR) is 105 cm³/mol. The van der Waals surface area contributed by atoms with E-state index in [1.165, 1.54) is 24.3 Å². The van der Waals surface area contributed by atoms with Crippen LogP contribution in [-0.2, 0) is 16.4 Å². The van der Waals surface area contributed by atoms with Gasteiger partial charge in [-0.05, 0) is 42.3 Å². The van der Waals surface area contributed by atoms with Crippen LogP contribution in [0, 0.1) is 12.7 Å². The molecule has 3 rings (SSSR count). The second-order valence-electron chi connectivity index (χ2n) is 6.14.